The van der Waals surface area contributed by atoms with Gasteiger partial charge in [0.05, 0.1) is 0 Å². The van der Waals surface area contributed by atoms with Crippen LogP contribution in [0.2, 0.25) is 0 Å². The third-order valence-electron chi connectivity index (χ3n) is 3.89. The van der Waals surface area contributed by atoms with Crippen LogP contribution in [0.5, 0.6) is 0 Å². The van der Waals surface area contributed by atoms with E-state index in [1.165, 1.54) is 22.9 Å². The van der Waals surface area contributed by atoms with Gasteiger partial charge < -0.3 is 10.2 Å². The number of anilines is 1. The van der Waals surface area contributed by atoms with E-state index in [0.29, 0.717) is 6.04 Å². The second kappa shape index (κ2) is 4.99. The molecule has 1 saturated heterocycles. The van der Waals surface area contributed by atoms with E-state index in [2.05, 4.69) is 59.6 Å². The van der Waals surface area contributed by atoms with Gasteiger partial charge in [0.25, 0.3) is 0 Å². The Bertz CT molecular complexity index is 524. The monoisotopic (exact) mass is 240 g/mol. The number of nitrogens with one attached hydrogen (secondary N) is 1. The maximum absolute atomic E-state index is 3.46. The number of hydrogen-bond donors (Lipinski definition) is 1. The lowest BCUT2D eigenvalue weighted by Crippen LogP contribution is -2.36. The number of fused-ring (bicyclic) bond motifs is 1. The fraction of sp³-hybridized carbons (Fsp3) is 0.375. The van der Waals surface area contributed by atoms with Crippen molar-refractivity contribution < 1.29 is 0 Å². The molecule has 1 aliphatic rings. The maximum Gasteiger partial charge on any atom is 0.0448 e. The molecule has 1 aliphatic heterocycles. The normalized spacial score (nSPS) is 19.3. The Morgan fingerprint density at radius 2 is 2.00 bits per heavy atom. The molecule has 0 bridgehead atoms. The standard InChI is InChI=1S/C16H20N2/c1-2-18(14-10-11-17-12-14)16-9-5-7-13-6-3-4-8-15(13)16/h3-9,14,17H,2,10-12H2,1H3. The molecule has 1 N–H and O–H groups in total. The first-order valence-corrected chi connectivity index (χ1v) is 6.85. The summed E-state index contributed by atoms with van der Waals surface area (Å²) in [7, 11) is 0. The molecule has 1 unspecified atom stereocenters. The minimum Gasteiger partial charge on any atom is -0.367 e. The zero-order chi connectivity index (χ0) is 12.4. The van der Waals surface area contributed by atoms with E-state index < -0.39 is 0 Å². The first-order chi connectivity index (χ1) is 8.90. The Kier molecular flexibility index (Phi) is 3.20. The van der Waals surface area contributed by atoms with Gasteiger partial charge in [0, 0.05) is 30.2 Å². The molecular weight excluding hydrogens is 220 g/mol. The Morgan fingerprint density at radius 3 is 2.78 bits per heavy atom. The SMILES string of the molecule is CCN(c1cccc2ccccc12)C1CCNC1. The molecule has 94 valence electrons. The summed E-state index contributed by atoms with van der Waals surface area (Å²) in [4.78, 5) is 2.54. The molecule has 0 amide bonds. The first-order valence-electron chi connectivity index (χ1n) is 6.85. The van der Waals surface area contributed by atoms with Crippen molar-refractivity contribution >= 4 is 16.5 Å². The van der Waals surface area contributed by atoms with E-state index in [4.69, 9.17) is 0 Å². The van der Waals surface area contributed by atoms with Crippen molar-refractivity contribution in [1.29, 1.82) is 0 Å². The van der Waals surface area contributed by atoms with E-state index in [9.17, 15) is 0 Å². The highest BCUT2D eigenvalue weighted by atomic mass is 15.2. The number of nitrogens with zero attached hydrogens (tertiary/aromatic N) is 1. The first kappa shape index (κ1) is 11.5. The molecule has 0 aliphatic carbocycles. The van der Waals surface area contributed by atoms with Gasteiger partial charge in [0.15, 0.2) is 0 Å². The van der Waals surface area contributed by atoms with Gasteiger partial charge >= 0.3 is 0 Å². The molecule has 1 fully saturated rings. The lowest BCUT2D eigenvalue weighted by Gasteiger charge is -2.30. The second-order valence-electron chi connectivity index (χ2n) is 4.93. The fourth-order valence-corrected chi connectivity index (χ4v) is 2.99. The molecule has 0 spiro atoms. The molecular formula is C16H20N2. The molecule has 2 aromatic rings. The highest BCUT2D eigenvalue weighted by molar-refractivity contribution is 5.94. The van der Waals surface area contributed by atoms with Crippen LogP contribution in [0.3, 0.4) is 0 Å². The van der Waals surface area contributed by atoms with Gasteiger partial charge in [-0.2, -0.15) is 0 Å². The average molecular weight is 240 g/mol. The van der Waals surface area contributed by atoms with Crippen molar-refractivity contribution in [3.63, 3.8) is 0 Å². The fourth-order valence-electron chi connectivity index (χ4n) is 2.99. The second-order valence-corrected chi connectivity index (χ2v) is 4.93. The quantitative estimate of drug-likeness (QED) is 0.887. The third-order valence-corrected chi connectivity index (χ3v) is 3.89. The van der Waals surface area contributed by atoms with Gasteiger partial charge in [-0.05, 0) is 31.3 Å². The summed E-state index contributed by atoms with van der Waals surface area (Å²) < 4.78 is 0. The number of likely N-dealkylation sites (N-methyl/N-ethyl adjacent to an activating group) is 1. The van der Waals surface area contributed by atoms with Crippen molar-refractivity contribution in [2.24, 2.45) is 0 Å². The molecule has 18 heavy (non-hydrogen) atoms. The van der Waals surface area contributed by atoms with Gasteiger partial charge in [0.2, 0.25) is 0 Å². The zero-order valence-electron chi connectivity index (χ0n) is 10.9. The Hall–Kier alpha value is -1.54. The smallest absolute Gasteiger partial charge is 0.0448 e. The van der Waals surface area contributed by atoms with E-state index in [1.807, 2.05) is 0 Å². The summed E-state index contributed by atoms with van der Waals surface area (Å²) >= 11 is 0. The lowest BCUT2D eigenvalue weighted by atomic mass is 10.1. The summed E-state index contributed by atoms with van der Waals surface area (Å²) in [5.41, 5.74) is 1.38. The van der Waals surface area contributed by atoms with Crippen LogP contribution in [0.25, 0.3) is 10.8 Å². The number of benzene rings is 2. The van der Waals surface area contributed by atoms with Crippen molar-refractivity contribution in [3.05, 3.63) is 42.5 Å². The van der Waals surface area contributed by atoms with Crippen LogP contribution in [-0.4, -0.2) is 25.7 Å². The molecule has 2 aromatic carbocycles. The third kappa shape index (κ3) is 1.97. The largest absolute Gasteiger partial charge is 0.367 e. The van der Waals surface area contributed by atoms with Gasteiger partial charge in [-0.25, -0.2) is 0 Å². The van der Waals surface area contributed by atoms with Gasteiger partial charge in [-0.3, -0.25) is 0 Å². The molecule has 2 nitrogen and oxygen atoms in total. The van der Waals surface area contributed by atoms with Crippen molar-refractivity contribution in [1.82, 2.24) is 5.32 Å². The minimum absolute atomic E-state index is 0.640. The Labute approximate surface area is 109 Å². The van der Waals surface area contributed by atoms with E-state index >= 15 is 0 Å². The van der Waals surface area contributed by atoms with Crippen LogP contribution in [-0.2, 0) is 0 Å². The summed E-state index contributed by atoms with van der Waals surface area (Å²) in [6, 6.07) is 15.9. The summed E-state index contributed by atoms with van der Waals surface area (Å²) in [6.07, 6.45) is 1.25. The highest BCUT2D eigenvalue weighted by Gasteiger charge is 2.22. The summed E-state index contributed by atoms with van der Waals surface area (Å²) in [6.45, 7) is 5.57. The van der Waals surface area contributed by atoms with Gasteiger partial charge in [-0.1, -0.05) is 36.4 Å². The zero-order valence-corrected chi connectivity index (χ0v) is 10.9. The van der Waals surface area contributed by atoms with Gasteiger partial charge in [0.1, 0.15) is 0 Å². The molecule has 3 rings (SSSR count). The lowest BCUT2D eigenvalue weighted by molar-refractivity contribution is 0.650. The van der Waals surface area contributed by atoms with Crippen molar-refractivity contribution in [2.45, 2.75) is 19.4 Å². The van der Waals surface area contributed by atoms with E-state index in [-0.39, 0.29) is 0 Å². The number of rotatable bonds is 3. The molecule has 2 heteroatoms. The molecule has 0 aromatic heterocycles. The molecule has 1 atom stereocenters. The highest BCUT2D eigenvalue weighted by Crippen LogP contribution is 2.29. The van der Waals surface area contributed by atoms with E-state index in [1.54, 1.807) is 0 Å². The predicted molar refractivity (Wildman–Crippen MR) is 78.2 cm³/mol. The Balaban J connectivity index is 2.06. The Morgan fingerprint density at radius 1 is 1.17 bits per heavy atom. The van der Waals surface area contributed by atoms with Crippen LogP contribution >= 0.6 is 0 Å². The van der Waals surface area contributed by atoms with E-state index in [0.717, 1.165) is 19.6 Å². The molecule has 1 heterocycles. The van der Waals surface area contributed by atoms with Crippen molar-refractivity contribution in [2.75, 3.05) is 24.5 Å². The molecule has 0 saturated carbocycles. The molecule has 0 radical (unpaired) electrons. The van der Waals surface area contributed by atoms with Crippen LogP contribution in [0.4, 0.5) is 5.69 Å². The van der Waals surface area contributed by atoms with Gasteiger partial charge in [-0.15, -0.1) is 0 Å². The maximum atomic E-state index is 3.46. The minimum atomic E-state index is 0.640. The predicted octanol–water partition coefficient (Wildman–Crippen LogP) is 3.03. The van der Waals surface area contributed by atoms with Crippen LogP contribution in [0.15, 0.2) is 42.5 Å². The topological polar surface area (TPSA) is 15.3 Å². The van der Waals surface area contributed by atoms with Crippen LogP contribution < -0.4 is 10.2 Å². The van der Waals surface area contributed by atoms with Crippen LogP contribution in [0, 0.1) is 0 Å². The summed E-state index contributed by atoms with van der Waals surface area (Å²) in [5, 5.41) is 6.17. The van der Waals surface area contributed by atoms with Crippen molar-refractivity contribution in [3.8, 4) is 0 Å². The summed E-state index contributed by atoms with van der Waals surface area (Å²) in [5.74, 6) is 0. The number of hydrogen-bond acceptors (Lipinski definition) is 2. The van der Waals surface area contributed by atoms with Crippen LogP contribution in [0.1, 0.15) is 13.3 Å². The average Bonchev–Trinajstić information content (AvgIpc) is 2.94.